The lowest BCUT2D eigenvalue weighted by Gasteiger charge is -2.15. The number of aromatic nitrogens is 1. The fourth-order valence-electron chi connectivity index (χ4n) is 2.52. The van der Waals surface area contributed by atoms with E-state index in [2.05, 4.69) is 15.7 Å². The highest BCUT2D eigenvalue weighted by Crippen LogP contribution is 2.44. The third kappa shape index (κ3) is 1.25. The summed E-state index contributed by atoms with van der Waals surface area (Å²) < 4.78 is 5.83. The molecular formula is C10H14N2OS. The van der Waals surface area contributed by atoms with Gasteiger partial charge < -0.3 is 10.1 Å². The van der Waals surface area contributed by atoms with Gasteiger partial charge in [0, 0.05) is 18.3 Å². The highest BCUT2D eigenvalue weighted by molar-refractivity contribution is 7.13. The topological polar surface area (TPSA) is 34.2 Å². The van der Waals surface area contributed by atoms with Crippen molar-refractivity contribution in [3.63, 3.8) is 0 Å². The van der Waals surface area contributed by atoms with Crippen LogP contribution in [-0.2, 0) is 4.74 Å². The second-order valence-electron chi connectivity index (χ2n) is 4.04. The van der Waals surface area contributed by atoms with Gasteiger partial charge >= 0.3 is 0 Å². The van der Waals surface area contributed by atoms with Crippen LogP contribution in [0.15, 0.2) is 5.38 Å². The zero-order valence-electron chi connectivity index (χ0n) is 8.19. The number of anilines is 1. The molecular weight excluding hydrogens is 196 g/mol. The van der Waals surface area contributed by atoms with Crippen LogP contribution in [0.4, 0.5) is 5.13 Å². The summed E-state index contributed by atoms with van der Waals surface area (Å²) in [6.45, 7) is 0. The number of thiazole rings is 1. The summed E-state index contributed by atoms with van der Waals surface area (Å²) in [5.41, 5.74) is 1.23. The Morgan fingerprint density at radius 2 is 2.50 bits per heavy atom. The summed E-state index contributed by atoms with van der Waals surface area (Å²) >= 11 is 1.69. The third-order valence-corrected chi connectivity index (χ3v) is 4.10. The van der Waals surface area contributed by atoms with E-state index in [1.807, 2.05) is 7.05 Å². The summed E-state index contributed by atoms with van der Waals surface area (Å²) in [6, 6.07) is 0. The fraction of sp³-hybridized carbons (Fsp3) is 0.700. The molecule has 4 heteroatoms. The first-order chi connectivity index (χ1) is 6.86. The molecule has 0 aliphatic carbocycles. The van der Waals surface area contributed by atoms with Crippen molar-refractivity contribution in [3.05, 3.63) is 11.1 Å². The highest BCUT2D eigenvalue weighted by Gasteiger charge is 2.42. The average Bonchev–Trinajstić information content (AvgIpc) is 2.93. The molecule has 2 fully saturated rings. The molecule has 3 atom stereocenters. The Morgan fingerprint density at radius 1 is 1.57 bits per heavy atom. The van der Waals surface area contributed by atoms with Crippen LogP contribution in [0.3, 0.4) is 0 Å². The van der Waals surface area contributed by atoms with Crippen molar-refractivity contribution < 1.29 is 4.74 Å². The summed E-state index contributed by atoms with van der Waals surface area (Å²) in [7, 11) is 1.92. The minimum atomic E-state index is 0.451. The summed E-state index contributed by atoms with van der Waals surface area (Å²) in [5, 5.41) is 6.27. The van der Waals surface area contributed by atoms with E-state index >= 15 is 0 Å². The van der Waals surface area contributed by atoms with Gasteiger partial charge in [-0.05, 0) is 19.3 Å². The lowest BCUT2D eigenvalue weighted by molar-refractivity contribution is 0.100. The first-order valence-electron chi connectivity index (χ1n) is 5.15. The van der Waals surface area contributed by atoms with E-state index in [0.29, 0.717) is 18.1 Å². The number of nitrogens with one attached hydrogen (secondary N) is 1. The maximum Gasteiger partial charge on any atom is 0.182 e. The van der Waals surface area contributed by atoms with Crippen LogP contribution in [0.1, 0.15) is 30.9 Å². The van der Waals surface area contributed by atoms with Crippen LogP contribution < -0.4 is 5.32 Å². The largest absolute Gasteiger partial charge is 0.374 e. The minimum absolute atomic E-state index is 0.451. The molecule has 0 amide bonds. The normalized spacial score (nSPS) is 35.1. The third-order valence-electron chi connectivity index (χ3n) is 3.22. The summed E-state index contributed by atoms with van der Waals surface area (Å²) in [6.07, 6.45) is 4.63. The van der Waals surface area contributed by atoms with Gasteiger partial charge in [-0.25, -0.2) is 4.98 Å². The van der Waals surface area contributed by atoms with E-state index in [1.54, 1.807) is 11.3 Å². The predicted octanol–water partition coefficient (Wildman–Crippen LogP) is 2.22. The van der Waals surface area contributed by atoms with Gasteiger partial charge in [-0.3, -0.25) is 0 Å². The van der Waals surface area contributed by atoms with E-state index in [0.717, 1.165) is 5.13 Å². The van der Waals surface area contributed by atoms with Crippen molar-refractivity contribution in [3.8, 4) is 0 Å². The number of fused-ring (bicyclic) bond motifs is 2. The van der Waals surface area contributed by atoms with E-state index in [4.69, 9.17) is 4.74 Å². The van der Waals surface area contributed by atoms with Crippen LogP contribution in [0.2, 0.25) is 0 Å². The Labute approximate surface area is 87.5 Å². The zero-order valence-corrected chi connectivity index (χ0v) is 9.01. The molecule has 76 valence electrons. The van der Waals surface area contributed by atoms with Crippen LogP contribution >= 0.6 is 11.3 Å². The number of nitrogens with zero attached hydrogens (tertiary/aromatic N) is 1. The van der Waals surface area contributed by atoms with Gasteiger partial charge in [0.2, 0.25) is 0 Å². The zero-order chi connectivity index (χ0) is 9.54. The second kappa shape index (κ2) is 3.21. The van der Waals surface area contributed by atoms with Gasteiger partial charge in [-0.2, -0.15) is 0 Å². The Bertz CT molecular complexity index is 339. The smallest absolute Gasteiger partial charge is 0.182 e. The Kier molecular flexibility index (Phi) is 1.99. The second-order valence-corrected chi connectivity index (χ2v) is 4.90. The molecule has 3 nitrogen and oxygen atoms in total. The quantitative estimate of drug-likeness (QED) is 0.812. The molecule has 0 saturated carbocycles. The van der Waals surface area contributed by atoms with E-state index in [1.165, 1.54) is 25.0 Å². The minimum Gasteiger partial charge on any atom is -0.374 e. The van der Waals surface area contributed by atoms with Crippen LogP contribution in [0.25, 0.3) is 0 Å². The molecule has 0 aromatic carbocycles. The molecule has 1 N–H and O–H groups in total. The molecule has 2 aliphatic heterocycles. The maximum absolute atomic E-state index is 5.83. The SMILES string of the molecule is CNc1nc(C2CC3CCC2O3)cs1. The van der Waals surface area contributed by atoms with Gasteiger partial charge in [0.25, 0.3) is 0 Å². The van der Waals surface area contributed by atoms with Crippen LogP contribution in [0, 0.1) is 0 Å². The van der Waals surface area contributed by atoms with Crippen molar-refractivity contribution in [2.75, 3.05) is 12.4 Å². The van der Waals surface area contributed by atoms with Gasteiger partial charge in [0.05, 0.1) is 17.9 Å². The summed E-state index contributed by atoms with van der Waals surface area (Å²) in [5.74, 6) is 0.562. The van der Waals surface area contributed by atoms with Gasteiger partial charge in [-0.15, -0.1) is 11.3 Å². The van der Waals surface area contributed by atoms with Crippen LogP contribution in [-0.4, -0.2) is 24.2 Å². The Morgan fingerprint density at radius 3 is 3.07 bits per heavy atom. The molecule has 1 aromatic heterocycles. The highest BCUT2D eigenvalue weighted by atomic mass is 32.1. The molecule has 14 heavy (non-hydrogen) atoms. The molecule has 0 radical (unpaired) electrons. The molecule has 2 bridgehead atoms. The number of ether oxygens (including phenoxy) is 1. The molecule has 3 rings (SSSR count). The van der Waals surface area contributed by atoms with Crippen molar-refractivity contribution in [1.29, 1.82) is 0 Å². The van der Waals surface area contributed by atoms with Crippen molar-refractivity contribution in [1.82, 2.24) is 4.98 Å². The predicted molar refractivity (Wildman–Crippen MR) is 56.9 cm³/mol. The molecule has 3 unspecified atom stereocenters. The first-order valence-corrected chi connectivity index (χ1v) is 6.03. The molecule has 1 aromatic rings. The standard InChI is InChI=1S/C10H14N2OS/c1-11-10-12-8(5-14-10)7-4-6-2-3-9(7)13-6/h5-7,9H,2-4H2,1H3,(H,11,12). The lowest BCUT2D eigenvalue weighted by atomic mass is 9.87. The van der Waals surface area contributed by atoms with Crippen molar-refractivity contribution >= 4 is 16.5 Å². The van der Waals surface area contributed by atoms with Crippen molar-refractivity contribution in [2.45, 2.75) is 37.4 Å². The average molecular weight is 210 g/mol. The van der Waals surface area contributed by atoms with Crippen LogP contribution in [0.5, 0.6) is 0 Å². The molecule has 2 saturated heterocycles. The first kappa shape index (κ1) is 8.68. The number of rotatable bonds is 2. The number of hydrogen-bond donors (Lipinski definition) is 1. The summed E-state index contributed by atoms with van der Waals surface area (Å²) in [4.78, 5) is 4.56. The van der Waals surface area contributed by atoms with Gasteiger partial charge in [-0.1, -0.05) is 0 Å². The molecule has 0 spiro atoms. The van der Waals surface area contributed by atoms with Gasteiger partial charge in [0.1, 0.15) is 0 Å². The molecule has 2 aliphatic rings. The monoisotopic (exact) mass is 210 g/mol. The van der Waals surface area contributed by atoms with Crippen molar-refractivity contribution in [2.24, 2.45) is 0 Å². The van der Waals surface area contributed by atoms with E-state index in [9.17, 15) is 0 Å². The Hall–Kier alpha value is -0.610. The van der Waals surface area contributed by atoms with E-state index in [-0.39, 0.29) is 0 Å². The van der Waals surface area contributed by atoms with Gasteiger partial charge in [0.15, 0.2) is 5.13 Å². The maximum atomic E-state index is 5.83. The van der Waals surface area contributed by atoms with E-state index < -0.39 is 0 Å². The lowest BCUT2D eigenvalue weighted by Crippen LogP contribution is -2.14. The molecule has 3 heterocycles. The Balaban J connectivity index is 1.82. The number of hydrogen-bond acceptors (Lipinski definition) is 4. The fourth-order valence-corrected chi connectivity index (χ4v) is 3.26.